The van der Waals surface area contributed by atoms with Crippen molar-refractivity contribution in [3.8, 4) is 5.69 Å². The van der Waals surface area contributed by atoms with Crippen molar-refractivity contribution < 1.29 is 4.39 Å². The van der Waals surface area contributed by atoms with Crippen molar-refractivity contribution in [3.63, 3.8) is 0 Å². The highest BCUT2D eigenvalue weighted by Gasteiger charge is 2.14. The molecule has 21 heavy (non-hydrogen) atoms. The van der Waals surface area contributed by atoms with Crippen LogP contribution in [0.2, 0.25) is 0 Å². The molecule has 0 bridgehead atoms. The van der Waals surface area contributed by atoms with E-state index in [0.29, 0.717) is 17.7 Å². The van der Waals surface area contributed by atoms with Gasteiger partial charge in [-0.25, -0.2) is 13.8 Å². The summed E-state index contributed by atoms with van der Waals surface area (Å²) >= 11 is 0. The van der Waals surface area contributed by atoms with E-state index in [0.717, 1.165) is 17.5 Å². The maximum atomic E-state index is 13.0. The fourth-order valence-corrected chi connectivity index (χ4v) is 2.36. The largest absolute Gasteiger partial charge is 0.293 e. The second-order valence-corrected chi connectivity index (χ2v) is 4.91. The van der Waals surface area contributed by atoms with Gasteiger partial charge in [0.2, 0.25) is 0 Å². The van der Waals surface area contributed by atoms with E-state index in [1.54, 1.807) is 18.3 Å². The monoisotopic (exact) mass is 286 g/mol. The normalized spacial score (nSPS) is 11.2. The molecule has 0 aliphatic carbocycles. The van der Waals surface area contributed by atoms with Crippen molar-refractivity contribution in [2.45, 2.75) is 26.8 Å². The quantitative estimate of drug-likeness (QED) is 0.743. The Hall–Kier alpha value is -2.50. The van der Waals surface area contributed by atoms with Gasteiger partial charge in [-0.05, 0) is 37.6 Å². The lowest BCUT2D eigenvalue weighted by Crippen LogP contribution is -2.25. The van der Waals surface area contributed by atoms with Gasteiger partial charge in [0.25, 0.3) is 5.56 Å². The Kier molecular flexibility index (Phi) is 3.29. The fraction of sp³-hybridized carbons (Fsp3) is 0.267. The van der Waals surface area contributed by atoms with Gasteiger partial charge < -0.3 is 0 Å². The van der Waals surface area contributed by atoms with Gasteiger partial charge in [-0.1, -0.05) is 6.92 Å². The van der Waals surface area contributed by atoms with Gasteiger partial charge in [-0.3, -0.25) is 4.79 Å². The van der Waals surface area contributed by atoms with E-state index in [4.69, 9.17) is 0 Å². The summed E-state index contributed by atoms with van der Waals surface area (Å²) in [6.45, 7) is 4.40. The number of hydrogen-bond acceptors (Lipinski definition) is 3. The van der Waals surface area contributed by atoms with Crippen LogP contribution in [0, 0.1) is 12.7 Å². The Morgan fingerprint density at radius 3 is 2.62 bits per heavy atom. The zero-order chi connectivity index (χ0) is 15.0. The van der Waals surface area contributed by atoms with Crippen LogP contribution in [0.1, 0.15) is 19.0 Å². The van der Waals surface area contributed by atoms with Crippen LogP contribution >= 0.6 is 0 Å². The second-order valence-electron chi connectivity index (χ2n) is 4.91. The zero-order valence-corrected chi connectivity index (χ0v) is 11.9. The summed E-state index contributed by atoms with van der Waals surface area (Å²) in [5, 5.41) is 9.28. The number of rotatable bonds is 3. The van der Waals surface area contributed by atoms with Crippen LogP contribution in [-0.2, 0) is 6.54 Å². The first-order chi connectivity index (χ1) is 10.1. The highest BCUT2D eigenvalue weighted by molar-refractivity contribution is 5.81. The third-order valence-electron chi connectivity index (χ3n) is 3.37. The number of halogens is 1. The van der Waals surface area contributed by atoms with Gasteiger partial charge in [0, 0.05) is 11.9 Å². The minimum Gasteiger partial charge on any atom is -0.265 e. The molecular weight excluding hydrogens is 271 g/mol. The van der Waals surface area contributed by atoms with E-state index < -0.39 is 0 Å². The van der Waals surface area contributed by atoms with E-state index in [9.17, 15) is 9.18 Å². The number of aryl methyl sites for hydroxylation is 2. The Labute approximate surface area is 120 Å². The van der Waals surface area contributed by atoms with Crippen LogP contribution in [-0.4, -0.2) is 19.6 Å². The average molecular weight is 286 g/mol. The van der Waals surface area contributed by atoms with Crippen LogP contribution in [0.3, 0.4) is 0 Å². The van der Waals surface area contributed by atoms with Gasteiger partial charge in [0.1, 0.15) is 11.3 Å². The Balaban J connectivity index is 2.29. The maximum Gasteiger partial charge on any atom is 0.293 e. The third kappa shape index (κ3) is 2.22. The molecule has 3 rings (SSSR count). The topological polar surface area (TPSA) is 52.7 Å². The first-order valence-electron chi connectivity index (χ1n) is 6.83. The van der Waals surface area contributed by atoms with Crippen molar-refractivity contribution in [2.24, 2.45) is 0 Å². The maximum absolute atomic E-state index is 13.0. The molecule has 0 amide bonds. The zero-order valence-electron chi connectivity index (χ0n) is 11.9. The summed E-state index contributed by atoms with van der Waals surface area (Å²) in [5.41, 5.74) is 1.70. The molecule has 2 heterocycles. The van der Waals surface area contributed by atoms with Crippen molar-refractivity contribution >= 4 is 10.9 Å². The van der Waals surface area contributed by atoms with Crippen molar-refractivity contribution in [1.29, 1.82) is 0 Å². The van der Waals surface area contributed by atoms with Crippen molar-refractivity contribution in [2.75, 3.05) is 0 Å². The first-order valence-corrected chi connectivity index (χ1v) is 6.83. The molecule has 5 nitrogen and oxygen atoms in total. The van der Waals surface area contributed by atoms with Crippen molar-refractivity contribution in [1.82, 2.24) is 19.6 Å². The molecule has 0 spiro atoms. The van der Waals surface area contributed by atoms with Gasteiger partial charge in [0.05, 0.1) is 17.6 Å². The molecule has 0 saturated heterocycles. The molecule has 0 radical (unpaired) electrons. The minimum absolute atomic E-state index is 0.181. The molecule has 2 aromatic heterocycles. The van der Waals surface area contributed by atoms with Crippen LogP contribution in [0.15, 0.2) is 35.3 Å². The van der Waals surface area contributed by atoms with Gasteiger partial charge in [0.15, 0.2) is 0 Å². The summed E-state index contributed by atoms with van der Waals surface area (Å²) in [7, 11) is 0. The van der Waals surface area contributed by atoms with Crippen LogP contribution in [0.4, 0.5) is 4.39 Å². The Bertz CT molecular complexity index is 848. The SMILES string of the molecule is CCCn1nc(C)c2cnn(-c3ccc(F)cc3)c2c1=O. The number of benzene rings is 1. The lowest BCUT2D eigenvalue weighted by molar-refractivity contribution is 0.565. The summed E-state index contributed by atoms with van der Waals surface area (Å²) < 4.78 is 16.0. The molecule has 108 valence electrons. The smallest absolute Gasteiger partial charge is 0.265 e. The molecule has 0 unspecified atom stereocenters. The van der Waals surface area contributed by atoms with E-state index in [2.05, 4.69) is 10.2 Å². The number of aromatic nitrogens is 4. The molecule has 0 atom stereocenters. The summed E-state index contributed by atoms with van der Waals surface area (Å²) in [6, 6.07) is 5.89. The van der Waals surface area contributed by atoms with Crippen LogP contribution < -0.4 is 5.56 Å². The average Bonchev–Trinajstić information content (AvgIpc) is 2.91. The molecule has 1 aromatic carbocycles. The van der Waals surface area contributed by atoms with E-state index >= 15 is 0 Å². The fourth-order valence-electron chi connectivity index (χ4n) is 2.36. The molecule has 0 fully saturated rings. The van der Waals surface area contributed by atoms with Gasteiger partial charge >= 0.3 is 0 Å². The van der Waals surface area contributed by atoms with E-state index in [-0.39, 0.29) is 11.4 Å². The highest BCUT2D eigenvalue weighted by atomic mass is 19.1. The molecule has 0 saturated carbocycles. The number of fused-ring (bicyclic) bond motifs is 1. The van der Waals surface area contributed by atoms with E-state index in [1.807, 2.05) is 13.8 Å². The molecule has 6 heteroatoms. The molecule has 0 aliphatic heterocycles. The predicted octanol–water partition coefficient (Wildman–Crippen LogP) is 2.44. The molecule has 0 aliphatic rings. The standard InChI is InChI=1S/C15H15FN4O/c1-3-8-19-15(21)14-13(10(2)18-19)9-17-20(14)12-6-4-11(16)5-7-12/h4-7,9H,3,8H2,1-2H3. The molecule has 3 aromatic rings. The summed E-state index contributed by atoms with van der Waals surface area (Å²) in [6.07, 6.45) is 2.45. The van der Waals surface area contributed by atoms with Crippen molar-refractivity contribution in [3.05, 3.63) is 52.3 Å². The van der Waals surface area contributed by atoms with Gasteiger partial charge in [-0.2, -0.15) is 10.2 Å². The van der Waals surface area contributed by atoms with Gasteiger partial charge in [-0.15, -0.1) is 0 Å². The highest BCUT2D eigenvalue weighted by Crippen LogP contribution is 2.17. The molecule has 0 N–H and O–H groups in total. The second kappa shape index (κ2) is 5.12. The van der Waals surface area contributed by atoms with Crippen LogP contribution in [0.5, 0.6) is 0 Å². The van der Waals surface area contributed by atoms with Crippen LogP contribution in [0.25, 0.3) is 16.6 Å². The minimum atomic E-state index is -0.323. The number of nitrogens with zero attached hydrogens (tertiary/aromatic N) is 4. The Morgan fingerprint density at radius 2 is 1.95 bits per heavy atom. The Morgan fingerprint density at radius 1 is 1.24 bits per heavy atom. The lowest BCUT2D eigenvalue weighted by Gasteiger charge is -2.07. The first kappa shape index (κ1) is 13.5. The summed E-state index contributed by atoms with van der Waals surface area (Å²) in [4.78, 5) is 12.6. The third-order valence-corrected chi connectivity index (χ3v) is 3.37. The van der Waals surface area contributed by atoms with E-state index in [1.165, 1.54) is 21.5 Å². The number of hydrogen-bond donors (Lipinski definition) is 0. The molecular formula is C15H15FN4O. The lowest BCUT2D eigenvalue weighted by atomic mass is 10.2. The predicted molar refractivity (Wildman–Crippen MR) is 78.1 cm³/mol. The summed E-state index contributed by atoms with van der Waals surface area (Å²) in [5.74, 6) is -0.323.